The van der Waals surface area contributed by atoms with E-state index in [4.69, 9.17) is 4.74 Å². The van der Waals surface area contributed by atoms with E-state index in [1.54, 1.807) is 18.4 Å². The summed E-state index contributed by atoms with van der Waals surface area (Å²) in [6.45, 7) is 4.13. The van der Waals surface area contributed by atoms with Crippen LogP contribution < -0.4 is 5.32 Å². The summed E-state index contributed by atoms with van der Waals surface area (Å²) in [6, 6.07) is 4.15. The first-order valence-electron chi connectivity index (χ1n) is 6.78. The first-order chi connectivity index (χ1) is 9.20. The summed E-state index contributed by atoms with van der Waals surface area (Å²) >= 11 is 1.67. The number of nitrogens with one attached hydrogen (secondary N) is 1. The molecule has 2 amide bonds. The van der Waals surface area contributed by atoms with E-state index in [1.165, 1.54) is 17.7 Å². The van der Waals surface area contributed by atoms with Gasteiger partial charge in [0.2, 0.25) is 0 Å². The zero-order chi connectivity index (χ0) is 13.7. The maximum atomic E-state index is 12.3. The molecule has 0 aromatic carbocycles. The van der Waals surface area contributed by atoms with Crippen LogP contribution in [0.2, 0.25) is 0 Å². The lowest BCUT2D eigenvalue weighted by atomic mass is 10.3. The molecule has 4 nitrogen and oxygen atoms in total. The van der Waals surface area contributed by atoms with Crippen molar-refractivity contribution in [1.82, 2.24) is 10.2 Å². The van der Waals surface area contributed by atoms with Gasteiger partial charge in [-0.2, -0.15) is 0 Å². The molecule has 2 rings (SSSR count). The highest BCUT2D eigenvalue weighted by atomic mass is 32.1. The molecule has 1 aromatic heterocycles. The topological polar surface area (TPSA) is 41.6 Å². The third-order valence-corrected chi connectivity index (χ3v) is 4.39. The molecule has 0 spiro atoms. The van der Waals surface area contributed by atoms with Gasteiger partial charge < -0.3 is 15.0 Å². The summed E-state index contributed by atoms with van der Waals surface area (Å²) in [5.41, 5.74) is 0. The zero-order valence-electron chi connectivity index (χ0n) is 11.6. The predicted molar refractivity (Wildman–Crippen MR) is 77.4 cm³/mol. The molecule has 1 fully saturated rings. The Morgan fingerprint density at radius 1 is 1.63 bits per heavy atom. The maximum Gasteiger partial charge on any atom is 0.317 e. The third kappa shape index (κ3) is 4.51. The van der Waals surface area contributed by atoms with Gasteiger partial charge in [-0.25, -0.2) is 4.79 Å². The van der Waals surface area contributed by atoms with Crippen LogP contribution in [0.1, 0.15) is 30.7 Å². The minimum atomic E-state index is 0.0184. The summed E-state index contributed by atoms with van der Waals surface area (Å²) in [4.78, 5) is 15.3. The van der Waals surface area contributed by atoms with E-state index >= 15 is 0 Å². The lowest BCUT2D eigenvalue weighted by Crippen LogP contribution is -2.43. The Bertz CT molecular complexity index is 390. The number of urea groups is 1. The van der Waals surface area contributed by atoms with Crippen LogP contribution in [0.3, 0.4) is 0 Å². The molecule has 5 heteroatoms. The van der Waals surface area contributed by atoms with Crippen LogP contribution in [-0.4, -0.2) is 37.7 Å². The number of amides is 2. The zero-order valence-corrected chi connectivity index (χ0v) is 12.4. The molecule has 1 aliphatic rings. The van der Waals surface area contributed by atoms with Crippen LogP contribution in [0.25, 0.3) is 0 Å². The van der Waals surface area contributed by atoms with Crippen molar-refractivity contribution >= 4 is 17.4 Å². The quantitative estimate of drug-likeness (QED) is 0.835. The van der Waals surface area contributed by atoms with Crippen LogP contribution in [-0.2, 0) is 4.74 Å². The molecular formula is C14H22N2O2S. The first kappa shape index (κ1) is 14.3. The van der Waals surface area contributed by atoms with Crippen molar-refractivity contribution in [3.63, 3.8) is 0 Å². The van der Waals surface area contributed by atoms with Gasteiger partial charge in [0.05, 0.1) is 12.6 Å². The third-order valence-electron chi connectivity index (χ3n) is 3.34. The molecular weight excluding hydrogens is 260 g/mol. The van der Waals surface area contributed by atoms with Crippen molar-refractivity contribution in [2.45, 2.75) is 25.8 Å². The van der Waals surface area contributed by atoms with Gasteiger partial charge in [0.15, 0.2) is 0 Å². The molecule has 1 aliphatic carbocycles. The van der Waals surface area contributed by atoms with Gasteiger partial charge in [0.25, 0.3) is 0 Å². The lowest BCUT2D eigenvalue weighted by molar-refractivity contribution is 0.145. The van der Waals surface area contributed by atoms with Crippen molar-refractivity contribution < 1.29 is 9.53 Å². The number of ether oxygens (including phenoxy) is 1. The minimum Gasteiger partial charge on any atom is -0.383 e. The average molecular weight is 282 g/mol. The van der Waals surface area contributed by atoms with Crippen LogP contribution in [0.4, 0.5) is 4.79 Å². The molecule has 1 N–H and O–H groups in total. The second-order valence-electron chi connectivity index (χ2n) is 5.07. The second kappa shape index (κ2) is 6.91. The van der Waals surface area contributed by atoms with Crippen molar-refractivity contribution in [2.75, 3.05) is 26.8 Å². The summed E-state index contributed by atoms with van der Waals surface area (Å²) in [5.74, 6) is 0.694. The van der Waals surface area contributed by atoms with Gasteiger partial charge >= 0.3 is 6.03 Å². The molecule has 19 heavy (non-hydrogen) atoms. The van der Waals surface area contributed by atoms with Gasteiger partial charge in [0, 0.05) is 25.1 Å². The average Bonchev–Trinajstić information content (AvgIpc) is 3.04. The molecule has 0 saturated heterocycles. The number of carbonyl (C=O) groups excluding carboxylic acids is 1. The number of carbonyl (C=O) groups is 1. The van der Waals surface area contributed by atoms with Gasteiger partial charge in [-0.05, 0) is 37.1 Å². The van der Waals surface area contributed by atoms with Crippen molar-refractivity contribution in [3.8, 4) is 0 Å². The molecule has 1 atom stereocenters. The summed E-state index contributed by atoms with van der Waals surface area (Å²) in [7, 11) is 1.67. The Hall–Kier alpha value is -1.07. The number of hydrogen-bond acceptors (Lipinski definition) is 3. The van der Waals surface area contributed by atoms with E-state index in [2.05, 4.69) is 11.4 Å². The summed E-state index contributed by atoms with van der Waals surface area (Å²) in [5, 5.41) is 5.10. The van der Waals surface area contributed by atoms with Gasteiger partial charge in [-0.1, -0.05) is 6.07 Å². The standard InChI is InChI=1S/C14H22N2O2S/c1-11(13-4-3-9-19-13)15-14(17)16(7-8-18-2)10-12-5-6-12/h3-4,9,11-12H,5-8,10H2,1-2H3,(H,15,17)/t11-/m1/s1. The van der Waals surface area contributed by atoms with E-state index < -0.39 is 0 Å². The number of rotatable bonds is 7. The molecule has 0 radical (unpaired) electrons. The normalized spacial score (nSPS) is 16.1. The molecule has 0 unspecified atom stereocenters. The Kier molecular flexibility index (Phi) is 5.22. The number of thiophene rings is 1. The van der Waals surface area contributed by atoms with Gasteiger partial charge in [-0.3, -0.25) is 0 Å². The van der Waals surface area contributed by atoms with Crippen LogP contribution in [0.5, 0.6) is 0 Å². The van der Waals surface area contributed by atoms with E-state index in [1.807, 2.05) is 23.3 Å². The predicted octanol–water partition coefficient (Wildman–Crippen LogP) is 2.88. The van der Waals surface area contributed by atoms with Crippen LogP contribution in [0, 0.1) is 5.92 Å². The van der Waals surface area contributed by atoms with E-state index in [0.29, 0.717) is 19.1 Å². The van der Waals surface area contributed by atoms with Crippen molar-refractivity contribution in [2.24, 2.45) is 5.92 Å². The summed E-state index contributed by atoms with van der Waals surface area (Å²) < 4.78 is 5.08. The smallest absolute Gasteiger partial charge is 0.317 e. The maximum absolute atomic E-state index is 12.3. The number of hydrogen-bond donors (Lipinski definition) is 1. The van der Waals surface area contributed by atoms with Crippen LogP contribution >= 0.6 is 11.3 Å². The van der Waals surface area contributed by atoms with Gasteiger partial charge in [0.1, 0.15) is 0 Å². The molecule has 1 heterocycles. The summed E-state index contributed by atoms with van der Waals surface area (Å²) in [6.07, 6.45) is 2.49. The molecule has 106 valence electrons. The fourth-order valence-corrected chi connectivity index (χ4v) is 2.71. The highest BCUT2D eigenvalue weighted by Gasteiger charge is 2.27. The van der Waals surface area contributed by atoms with Crippen molar-refractivity contribution in [3.05, 3.63) is 22.4 Å². The Labute approximate surface area is 118 Å². The molecule has 0 bridgehead atoms. The van der Waals surface area contributed by atoms with E-state index in [-0.39, 0.29) is 12.1 Å². The minimum absolute atomic E-state index is 0.0184. The van der Waals surface area contributed by atoms with E-state index in [9.17, 15) is 4.79 Å². The second-order valence-corrected chi connectivity index (χ2v) is 6.05. The highest BCUT2D eigenvalue weighted by molar-refractivity contribution is 7.10. The Morgan fingerprint density at radius 3 is 3.00 bits per heavy atom. The Morgan fingerprint density at radius 2 is 2.42 bits per heavy atom. The Balaban J connectivity index is 1.86. The number of nitrogens with zero attached hydrogens (tertiary/aromatic N) is 1. The lowest BCUT2D eigenvalue weighted by Gasteiger charge is -2.24. The molecule has 1 aromatic rings. The van der Waals surface area contributed by atoms with Gasteiger partial charge in [-0.15, -0.1) is 11.3 Å². The SMILES string of the molecule is COCCN(CC1CC1)C(=O)N[C@H](C)c1cccs1. The molecule has 1 saturated carbocycles. The monoisotopic (exact) mass is 282 g/mol. The first-order valence-corrected chi connectivity index (χ1v) is 7.66. The van der Waals surface area contributed by atoms with Crippen LogP contribution in [0.15, 0.2) is 17.5 Å². The fourth-order valence-electron chi connectivity index (χ4n) is 1.97. The highest BCUT2D eigenvalue weighted by Crippen LogP contribution is 2.29. The largest absolute Gasteiger partial charge is 0.383 e. The van der Waals surface area contributed by atoms with E-state index in [0.717, 1.165) is 6.54 Å². The number of methoxy groups -OCH3 is 1. The van der Waals surface area contributed by atoms with Crippen molar-refractivity contribution in [1.29, 1.82) is 0 Å². The fraction of sp³-hybridized carbons (Fsp3) is 0.643. The molecule has 0 aliphatic heterocycles.